The van der Waals surface area contributed by atoms with Crippen molar-refractivity contribution in [3.05, 3.63) is 42.0 Å². The van der Waals surface area contributed by atoms with E-state index in [1.54, 1.807) is 4.90 Å². The van der Waals surface area contributed by atoms with Gasteiger partial charge in [0.1, 0.15) is 0 Å². The number of hydrogen-bond acceptors (Lipinski definition) is 3. The van der Waals surface area contributed by atoms with Crippen LogP contribution in [0.25, 0.3) is 10.8 Å². The van der Waals surface area contributed by atoms with Gasteiger partial charge in [0, 0.05) is 17.5 Å². The number of aliphatic hydroxyl groups is 1. The first kappa shape index (κ1) is 11.2. The lowest BCUT2D eigenvalue weighted by Gasteiger charge is -2.20. The molecule has 4 heteroatoms. The van der Waals surface area contributed by atoms with Crippen molar-refractivity contribution in [1.29, 1.82) is 0 Å². The van der Waals surface area contributed by atoms with Crippen LogP contribution in [-0.4, -0.2) is 30.2 Å². The van der Waals surface area contributed by atoms with Crippen molar-refractivity contribution in [2.45, 2.75) is 6.10 Å². The number of amides is 1. The van der Waals surface area contributed by atoms with Gasteiger partial charge < -0.3 is 15.7 Å². The number of nitrogens with two attached hydrogens (primary N) is 1. The standard InChI is InChI=1S/C14H14N2O2/c15-7-10(17)8-16-12-6-2-4-9-3-1-5-11(13(9)12)14(16)18/h1-6,10,17H,7-8,15H2. The number of carbonyl (C=O) groups is 1. The van der Waals surface area contributed by atoms with Crippen LogP contribution in [-0.2, 0) is 0 Å². The molecule has 2 aromatic rings. The summed E-state index contributed by atoms with van der Waals surface area (Å²) in [4.78, 5) is 13.9. The molecular weight excluding hydrogens is 228 g/mol. The van der Waals surface area contributed by atoms with Gasteiger partial charge in [0.15, 0.2) is 0 Å². The number of anilines is 1. The Morgan fingerprint density at radius 1 is 1.22 bits per heavy atom. The van der Waals surface area contributed by atoms with Gasteiger partial charge >= 0.3 is 0 Å². The van der Waals surface area contributed by atoms with Gasteiger partial charge in [-0.05, 0) is 17.5 Å². The molecule has 0 aromatic heterocycles. The molecule has 1 heterocycles. The molecule has 3 N–H and O–H groups in total. The summed E-state index contributed by atoms with van der Waals surface area (Å²) < 4.78 is 0. The summed E-state index contributed by atoms with van der Waals surface area (Å²) in [5.41, 5.74) is 6.97. The maximum absolute atomic E-state index is 12.3. The maximum Gasteiger partial charge on any atom is 0.259 e. The fraction of sp³-hybridized carbons (Fsp3) is 0.214. The molecule has 0 aliphatic carbocycles. The highest BCUT2D eigenvalue weighted by Crippen LogP contribution is 2.36. The van der Waals surface area contributed by atoms with E-state index in [1.165, 1.54) is 0 Å². The highest BCUT2D eigenvalue weighted by Gasteiger charge is 2.30. The monoisotopic (exact) mass is 242 g/mol. The zero-order valence-electron chi connectivity index (χ0n) is 9.84. The van der Waals surface area contributed by atoms with Crippen LogP contribution in [0.3, 0.4) is 0 Å². The summed E-state index contributed by atoms with van der Waals surface area (Å²) in [6.45, 7) is 0.388. The van der Waals surface area contributed by atoms with Crippen LogP contribution in [0.5, 0.6) is 0 Å². The minimum atomic E-state index is -0.696. The van der Waals surface area contributed by atoms with Crippen molar-refractivity contribution in [3.8, 4) is 0 Å². The Bertz CT molecular complexity index is 619. The Morgan fingerprint density at radius 3 is 2.67 bits per heavy atom. The van der Waals surface area contributed by atoms with E-state index in [-0.39, 0.29) is 19.0 Å². The van der Waals surface area contributed by atoms with E-state index in [0.717, 1.165) is 16.5 Å². The lowest BCUT2D eigenvalue weighted by Crippen LogP contribution is -2.38. The third kappa shape index (κ3) is 1.50. The molecule has 0 spiro atoms. The van der Waals surface area contributed by atoms with Crippen LogP contribution in [0.1, 0.15) is 10.4 Å². The van der Waals surface area contributed by atoms with Crippen LogP contribution in [0, 0.1) is 0 Å². The van der Waals surface area contributed by atoms with Crippen molar-refractivity contribution >= 4 is 22.4 Å². The molecule has 1 aliphatic rings. The number of aliphatic hydroxyl groups excluding tert-OH is 1. The van der Waals surface area contributed by atoms with E-state index in [2.05, 4.69) is 0 Å². The second kappa shape index (κ2) is 4.08. The number of rotatable bonds is 3. The molecule has 3 rings (SSSR count). The maximum atomic E-state index is 12.3. The Hall–Kier alpha value is -1.91. The van der Waals surface area contributed by atoms with Gasteiger partial charge in [0.25, 0.3) is 5.91 Å². The Kier molecular flexibility index (Phi) is 2.54. The molecular formula is C14H14N2O2. The van der Waals surface area contributed by atoms with E-state index in [1.807, 2.05) is 36.4 Å². The number of benzene rings is 2. The van der Waals surface area contributed by atoms with E-state index < -0.39 is 6.10 Å². The van der Waals surface area contributed by atoms with Gasteiger partial charge in [-0.1, -0.05) is 24.3 Å². The molecule has 0 saturated carbocycles. The Balaban J connectivity index is 2.13. The largest absolute Gasteiger partial charge is 0.390 e. The van der Waals surface area contributed by atoms with Gasteiger partial charge in [0.2, 0.25) is 0 Å². The summed E-state index contributed by atoms with van der Waals surface area (Å²) >= 11 is 0. The van der Waals surface area contributed by atoms with Crippen molar-refractivity contribution in [2.75, 3.05) is 18.0 Å². The van der Waals surface area contributed by atoms with E-state index in [9.17, 15) is 9.90 Å². The molecule has 0 bridgehead atoms. The molecule has 4 nitrogen and oxygen atoms in total. The fourth-order valence-electron chi connectivity index (χ4n) is 2.45. The minimum absolute atomic E-state index is 0.0608. The second-order valence-electron chi connectivity index (χ2n) is 4.49. The average molecular weight is 242 g/mol. The zero-order valence-corrected chi connectivity index (χ0v) is 9.84. The molecule has 1 unspecified atom stereocenters. The summed E-state index contributed by atoms with van der Waals surface area (Å²) in [6, 6.07) is 11.5. The lowest BCUT2D eigenvalue weighted by molar-refractivity contribution is 0.0971. The fourth-order valence-corrected chi connectivity index (χ4v) is 2.45. The second-order valence-corrected chi connectivity index (χ2v) is 4.49. The predicted octanol–water partition coefficient (Wildman–Crippen LogP) is 1.12. The normalized spacial score (nSPS) is 15.4. The van der Waals surface area contributed by atoms with Crippen LogP contribution in [0.2, 0.25) is 0 Å². The Morgan fingerprint density at radius 2 is 1.94 bits per heavy atom. The van der Waals surface area contributed by atoms with E-state index >= 15 is 0 Å². The highest BCUT2D eigenvalue weighted by molar-refractivity contribution is 6.25. The van der Waals surface area contributed by atoms with Crippen LogP contribution < -0.4 is 10.6 Å². The smallest absolute Gasteiger partial charge is 0.259 e. The van der Waals surface area contributed by atoms with Gasteiger partial charge in [-0.3, -0.25) is 4.79 Å². The third-order valence-electron chi connectivity index (χ3n) is 3.31. The molecule has 18 heavy (non-hydrogen) atoms. The molecule has 0 fully saturated rings. The van der Waals surface area contributed by atoms with Crippen LogP contribution >= 0.6 is 0 Å². The molecule has 92 valence electrons. The first-order valence-electron chi connectivity index (χ1n) is 5.94. The van der Waals surface area contributed by atoms with Crippen molar-refractivity contribution in [3.63, 3.8) is 0 Å². The molecule has 1 aliphatic heterocycles. The summed E-state index contributed by atoms with van der Waals surface area (Å²) in [6.07, 6.45) is -0.696. The molecule has 0 radical (unpaired) electrons. The summed E-state index contributed by atoms with van der Waals surface area (Å²) in [5.74, 6) is -0.0608. The quantitative estimate of drug-likeness (QED) is 0.847. The average Bonchev–Trinajstić information content (AvgIpc) is 2.67. The van der Waals surface area contributed by atoms with Crippen molar-refractivity contribution in [1.82, 2.24) is 0 Å². The predicted molar refractivity (Wildman–Crippen MR) is 70.7 cm³/mol. The van der Waals surface area contributed by atoms with Crippen molar-refractivity contribution < 1.29 is 9.90 Å². The summed E-state index contributed by atoms with van der Waals surface area (Å²) in [7, 11) is 0. The topological polar surface area (TPSA) is 66.6 Å². The van der Waals surface area contributed by atoms with E-state index in [0.29, 0.717) is 5.56 Å². The molecule has 2 aromatic carbocycles. The van der Waals surface area contributed by atoms with Gasteiger partial charge in [-0.2, -0.15) is 0 Å². The number of β-amino-alcohol motifs (C(OH)–C–C–N with tert-alkyl or cyclic N) is 1. The van der Waals surface area contributed by atoms with E-state index in [4.69, 9.17) is 5.73 Å². The zero-order chi connectivity index (χ0) is 12.7. The highest BCUT2D eigenvalue weighted by atomic mass is 16.3. The number of carbonyl (C=O) groups excluding carboxylic acids is 1. The van der Waals surface area contributed by atoms with Gasteiger partial charge in [-0.15, -0.1) is 0 Å². The molecule has 0 saturated heterocycles. The molecule has 1 atom stereocenters. The van der Waals surface area contributed by atoms with Gasteiger partial charge in [0.05, 0.1) is 18.3 Å². The minimum Gasteiger partial charge on any atom is -0.390 e. The first-order valence-corrected chi connectivity index (χ1v) is 5.94. The van der Waals surface area contributed by atoms with Crippen LogP contribution in [0.4, 0.5) is 5.69 Å². The third-order valence-corrected chi connectivity index (χ3v) is 3.31. The van der Waals surface area contributed by atoms with Crippen LogP contribution in [0.15, 0.2) is 36.4 Å². The first-order chi connectivity index (χ1) is 8.72. The Labute approximate surface area is 105 Å². The molecule has 1 amide bonds. The summed E-state index contributed by atoms with van der Waals surface area (Å²) in [5, 5.41) is 11.7. The SMILES string of the molecule is NCC(O)CN1C(=O)c2cccc3cccc1c23. The van der Waals surface area contributed by atoms with Gasteiger partial charge in [-0.25, -0.2) is 0 Å². The van der Waals surface area contributed by atoms with Crippen molar-refractivity contribution in [2.24, 2.45) is 5.73 Å². The number of nitrogens with zero attached hydrogens (tertiary/aromatic N) is 1. The number of hydrogen-bond donors (Lipinski definition) is 2. The lowest BCUT2D eigenvalue weighted by atomic mass is 10.1.